The normalized spacial score (nSPS) is 10.8. The Morgan fingerprint density at radius 2 is 2.14 bits per heavy atom. The number of aryl methyl sites for hydroxylation is 1. The van der Waals surface area contributed by atoms with E-state index in [0.717, 1.165) is 23.3 Å². The minimum Gasteiger partial charge on any atom is -0.354 e. The maximum Gasteiger partial charge on any atom is 0.226 e. The number of anilines is 3. The predicted molar refractivity (Wildman–Crippen MR) is 85.3 cm³/mol. The number of benzene rings is 1. The molecule has 3 N–H and O–H groups in total. The van der Waals surface area contributed by atoms with Crippen LogP contribution in [0, 0.1) is 6.92 Å². The van der Waals surface area contributed by atoms with Crippen LogP contribution in [0.2, 0.25) is 5.02 Å². The lowest BCUT2D eigenvalue weighted by molar-refractivity contribution is 1.10. The van der Waals surface area contributed by atoms with E-state index in [9.17, 15) is 0 Å². The van der Waals surface area contributed by atoms with Crippen molar-refractivity contribution in [3.63, 3.8) is 0 Å². The highest BCUT2D eigenvalue weighted by molar-refractivity contribution is 6.33. The molecule has 108 valence electrons. The van der Waals surface area contributed by atoms with Crippen molar-refractivity contribution in [2.24, 2.45) is 0 Å². The Bertz CT molecular complexity index is 782. The summed E-state index contributed by atoms with van der Waals surface area (Å²) in [5.74, 6) is 1.17. The van der Waals surface area contributed by atoms with Crippen molar-refractivity contribution in [1.82, 2.24) is 19.9 Å². The van der Waals surface area contributed by atoms with Gasteiger partial charge in [0.2, 0.25) is 5.95 Å². The Morgan fingerprint density at radius 3 is 2.90 bits per heavy atom. The van der Waals surface area contributed by atoms with Crippen molar-refractivity contribution >= 4 is 40.2 Å². The number of rotatable bonds is 4. The standard InChI is InChI=1S/C14H15ClN6/c1-3-16-14-20-12-11(17-7-18-12)13(21-14)19-10-5-4-8(2)6-9(10)15/h4-7H,3H2,1-2H3,(H3,16,17,18,19,20,21). The van der Waals surface area contributed by atoms with Crippen LogP contribution < -0.4 is 10.6 Å². The molecular weight excluding hydrogens is 288 g/mol. The van der Waals surface area contributed by atoms with Crippen molar-refractivity contribution in [1.29, 1.82) is 0 Å². The number of aromatic amines is 1. The average Bonchev–Trinajstić information content (AvgIpc) is 2.91. The molecule has 0 aliphatic carbocycles. The first kappa shape index (κ1) is 13.6. The van der Waals surface area contributed by atoms with E-state index in [-0.39, 0.29) is 0 Å². The third-order valence-corrected chi connectivity index (χ3v) is 3.31. The second-order valence-corrected chi connectivity index (χ2v) is 5.04. The number of imidazole rings is 1. The first-order valence-electron chi connectivity index (χ1n) is 6.65. The van der Waals surface area contributed by atoms with Crippen LogP contribution in [0.25, 0.3) is 11.2 Å². The summed E-state index contributed by atoms with van der Waals surface area (Å²) in [6.45, 7) is 4.72. The molecule has 0 radical (unpaired) electrons. The molecule has 0 aliphatic rings. The molecule has 7 heteroatoms. The molecule has 3 rings (SSSR count). The fourth-order valence-electron chi connectivity index (χ4n) is 2.01. The fraction of sp³-hybridized carbons (Fsp3) is 0.214. The van der Waals surface area contributed by atoms with Gasteiger partial charge < -0.3 is 15.6 Å². The van der Waals surface area contributed by atoms with E-state index in [4.69, 9.17) is 11.6 Å². The highest BCUT2D eigenvalue weighted by Crippen LogP contribution is 2.28. The SMILES string of the molecule is CCNc1nc(Nc2ccc(C)cc2Cl)c2[nH]cnc2n1. The third kappa shape index (κ3) is 2.75. The van der Waals surface area contributed by atoms with E-state index >= 15 is 0 Å². The molecule has 21 heavy (non-hydrogen) atoms. The van der Waals surface area contributed by atoms with Gasteiger partial charge in [0.25, 0.3) is 0 Å². The van der Waals surface area contributed by atoms with Crippen molar-refractivity contribution in [2.45, 2.75) is 13.8 Å². The average molecular weight is 303 g/mol. The topological polar surface area (TPSA) is 78.5 Å². The number of H-pyrrole nitrogens is 1. The lowest BCUT2D eigenvalue weighted by Crippen LogP contribution is -2.05. The van der Waals surface area contributed by atoms with Crippen LogP contribution in [0.5, 0.6) is 0 Å². The number of nitrogens with zero attached hydrogens (tertiary/aromatic N) is 3. The van der Waals surface area contributed by atoms with Gasteiger partial charge in [-0.05, 0) is 31.5 Å². The maximum atomic E-state index is 6.26. The van der Waals surface area contributed by atoms with E-state index in [1.807, 2.05) is 32.0 Å². The van der Waals surface area contributed by atoms with Gasteiger partial charge in [-0.1, -0.05) is 17.7 Å². The lowest BCUT2D eigenvalue weighted by Gasteiger charge is -2.10. The van der Waals surface area contributed by atoms with Crippen LogP contribution in [0.3, 0.4) is 0 Å². The zero-order valence-corrected chi connectivity index (χ0v) is 12.5. The van der Waals surface area contributed by atoms with Gasteiger partial charge in [-0.2, -0.15) is 9.97 Å². The van der Waals surface area contributed by atoms with E-state index in [1.165, 1.54) is 0 Å². The second-order valence-electron chi connectivity index (χ2n) is 4.64. The molecule has 2 aromatic heterocycles. The molecule has 6 nitrogen and oxygen atoms in total. The highest BCUT2D eigenvalue weighted by atomic mass is 35.5. The Labute approximate surface area is 127 Å². The molecule has 0 fully saturated rings. The van der Waals surface area contributed by atoms with Gasteiger partial charge in [0.05, 0.1) is 17.0 Å². The summed E-state index contributed by atoms with van der Waals surface area (Å²) in [4.78, 5) is 16.0. The summed E-state index contributed by atoms with van der Waals surface area (Å²) in [7, 11) is 0. The Kier molecular flexibility index (Phi) is 3.62. The van der Waals surface area contributed by atoms with Crippen molar-refractivity contribution in [2.75, 3.05) is 17.2 Å². The number of hydrogen-bond acceptors (Lipinski definition) is 5. The summed E-state index contributed by atoms with van der Waals surface area (Å²) in [5.41, 5.74) is 3.24. The first-order chi connectivity index (χ1) is 10.2. The highest BCUT2D eigenvalue weighted by Gasteiger charge is 2.11. The van der Waals surface area contributed by atoms with Crippen LogP contribution in [-0.4, -0.2) is 26.5 Å². The number of fused-ring (bicyclic) bond motifs is 1. The van der Waals surface area contributed by atoms with E-state index in [2.05, 4.69) is 30.6 Å². The number of halogens is 1. The monoisotopic (exact) mass is 302 g/mol. The molecule has 0 aliphatic heterocycles. The van der Waals surface area contributed by atoms with Gasteiger partial charge in [0.15, 0.2) is 11.5 Å². The molecule has 0 unspecified atom stereocenters. The van der Waals surface area contributed by atoms with Crippen molar-refractivity contribution in [3.8, 4) is 0 Å². The molecule has 0 spiro atoms. The molecule has 0 saturated carbocycles. The van der Waals surface area contributed by atoms with Crippen LogP contribution in [0.15, 0.2) is 24.5 Å². The number of hydrogen-bond donors (Lipinski definition) is 3. The summed E-state index contributed by atoms with van der Waals surface area (Å²) in [6.07, 6.45) is 1.59. The van der Waals surface area contributed by atoms with Crippen molar-refractivity contribution in [3.05, 3.63) is 35.1 Å². The van der Waals surface area contributed by atoms with Crippen molar-refractivity contribution < 1.29 is 0 Å². The zero-order valence-electron chi connectivity index (χ0n) is 11.7. The fourth-order valence-corrected chi connectivity index (χ4v) is 2.29. The molecule has 1 aromatic carbocycles. The van der Waals surface area contributed by atoms with Gasteiger partial charge >= 0.3 is 0 Å². The minimum atomic E-state index is 0.530. The molecule has 0 amide bonds. The summed E-state index contributed by atoms with van der Waals surface area (Å²) < 4.78 is 0. The smallest absolute Gasteiger partial charge is 0.226 e. The van der Waals surface area contributed by atoms with Gasteiger partial charge in [0.1, 0.15) is 5.52 Å². The second kappa shape index (κ2) is 5.57. The van der Waals surface area contributed by atoms with E-state index in [1.54, 1.807) is 6.33 Å². The van der Waals surface area contributed by atoms with Crippen LogP contribution >= 0.6 is 11.6 Å². The van der Waals surface area contributed by atoms with Gasteiger partial charge in [0, 0.05) is 6.54 Å². The number of aromatic nitrogens is 4. The molecule has 0 saturated heterocycles. The van der Waals surface area contributed by atoms with E-state index < -0.39 is 0 Å². The van der Waals surface area contributed by atoms with Crippen LogP contribution in [0.1, 0.15) is 12.5 Å². The summed E-state index contributed by atoms with van der Waals surface area (Å²) in [5, 5.41) is 6.97. The molecular formula is C14H15ClN6. The van der Waals surface area contributed by atoms with Gasteiger partial charge in [-0.15, -0.1) is 0 Å². The third-order valence-electron chi connectivity index (χ3n) is 3.00. The number of nitrogens with one attached hydrogen (secondary N) is 3. The minimum absolute atomic E-state index is 0.530. The molecule has 3 aromatic rings. The maximum absolute atomic E-state index is 6.26. The largest absolute Gasteiger partial charge is 0.354 e. The Hall–Kier alpha value is -2.34. The predicted octanol–water partition coefficient (Wildman–Crippen LogP) is 3.49. The Morgan fingerprint density at radius 1 is 1.29 bits per heavy atom. The van der Waals surface area contributed by atoms with E-state index in [0.29, 0.717) is 22.4 Å². The summed E-state index contributed by atoms with van der Waals surface area (Å²) >= 11 is 6.26. The van der Waals surface area contributed by atoms with Gasteiger partial charge in [-0.3, -0.25) is 0 Å². The zero-order chi connectivity index (χ0) is 14.8. The summed E-state index contributed by atoms with van der Waals surface area (Å²) in [6, 6.07) is 5.82. The molecule has 2 heterocycles. The van der Waals surface area contributed by atoms with Crippen LogP contribution in [-0.2, 0) is 0 Å². The van der Waals surface area contributed by atoms with Gasteiger partial charge in [-0.25, -0.2) is 4.98 Å². The Balaban J connectivity index is 2.04. The molecule has 0 atom stereocenters. The quantitative estimate of drug-likeness (QED) is 0.687. The lowest BCUT2D eigenvalue weighted by atomic mass is 10.2. The molecule has 0 bridgehead atoms. The first-order valence-corrected chi connectivity index (χ1v) is 7.03. The van der Waals surface area contributed by atoms with Crippen LogP contribution in [0.4, 0.5) is 17.5 Å².